The number of nitrogens with zero attached hydrogens (tertiary/aromatic N) is 1. The Bertz CT molecular complexity index is 451. The van der Waals surface area contributed by atoms with Crippen molar-refractivity contribution in [2.24, 2.45) is 0 Å². The van der Waals surface area contributed by atoms with E-state index in [-0.39, 0.29) is 5.91 Å². The zero-order valence-electron chi connectivity index (χ0n) is 12.3. The minimum atomic E-state index is -0.556. The van der Waals surface area contributed by atoms with Gasteiger partial charge in [-0.15, -0.1) is 6.58 Å². The molecule has 1 atom stereocenters. The van der Waals surface area contributed by atoms with Gasteiger partial charge in [0.2, 0.25) is 5.91 Å². The Labute approximate surface area is 121 Å². The molecule has 108 valence electrons. The molecule has 1 aromatic rings. The number of likely N-dealkylation sites (tertiary alicyclic amines) is 1. The lowest BCUT2D eigenvalue weighted by Gasteiger charge is -2.33. The molecule has 0 aliphatic carbocycles. The van der Waals surface area contributed by atoms with Gasteiger partial charge in [0.15, 0.2) is 0 Å². The second kappa shape index (κ2) is 6.71. The fraction of sp³-hybridized carbons (Fsp3) is 0.471. The van der Waals surface area contributed by atoms with Gasteiger partial charge in [-0.05, 0) is 31.7 Å². The lowest BCUT2D eigenvalue weighted by molar-refractivity contribution is -0.136. The second-order valence-electron chi connectivity index (χ2n) is 5.66. The van der Waals surface area contributed by atoms with Crippen LogP contribution >= 0.6 is 0 Å². The standard InChI is InChI=1S/C17H24N2O/c1-3-11-18-17(2,14-15-9-5-4-6-10-15)16(20)19-12-7-8-13-19/h3-6,9-10,18H,1,7-8,11-14H2,2H3. The Kier molecular flexibility index (Phi) is 4.96. The highest BCUT2D eigenvalue weighted by Gasteiger charge is 2.36. The molecule has 3 heteroatoms. The van der Waals surface area contributed by atoms with E-state index in [0.717, 1.165) is 25.9 Å². The Hall–Kier alpha value is -1.61. The third-order valence-electron chi connectivity index (χ3n) is 3.90. The largest absolute Gasteiger partial charge is 0.341 e. The molecule has 1 aromatic carbocycles. The fourth-order valence-corrected chi connectivity index (χ4v) is 2.78. The first kappa shape index (κ1) is 14.8. The van der Waals surface area contributed by atoms with Gasteiger partial charge in [0.25, 0.3) is 0 Å². The van der Waals surface area contributed by atoms with Crippen LogP contribution in [0.1, 0.15) is 25.3 Å². The second-order valence-corrected chi connectivity index (χ2v) is 5.66. The number of amides is 1. The van der Waals surface area contributed by atoms with E-state index in [1.165, 1.54) is 5.56 Å². The summed E-state index contributed by atoms with van der Waals surface area (Å²) in [5.41, 5.74) is 0.624. The van der Waals surface area contributed by atoms with Crippen LogP contribution in [0.25, 0.3) is 0 Å². The number of rotatable bonds is 6. The topological polar surface area (TPSA) is 32.3 Å². The summed E-state index contributed by atoms with van der Waals surface area (Å²) in [6.45, 7) is 8.16. The van der Waals surface area contributed by atoms with Crippen LogP contribution in [0.3, 0.4) is 0 Å². The van der Waals surface area contributed by atoms with Gasteiger partial charge in [-0.1, -0.05) is 36.4 Å². The number of hydrogen-bond donors (Lipinski definition) is 1. The molecule has 0 aromatic heterocycles. The van der Waals surface area contributed by atoms with Crippen LogP contribution in [0.2, 0.25) is 0 Å². The Morgan fingerprint density at radius 1 is 1.35 bits per heavy atom. The highest BCUT2D eigenvalue weighted by atomic mass is 16.2. The molecule has 1 unspecified atom stereocenters. The van der Waals surface area contributed by atoms with E-state index in [9.17, 15) is 4.79 Å². The Morgan fingerprint density at radius 3 is 2.60 bits per heavy atom. The van der Waals surface area contributed by atoms with Gasteiger partial charge in [0, 0.05) is 19.6 Å². The molecule has 1 saturated heterocycles. The highest BCUT2D eigenvalue weighted by molar-refractivity contribution is 5.86. The van der Waals surface area contributed by atoms with Crippen LogP contribution in [0.15, 0.2) is 43.0 Å². The van der Waals surface area contributed by atoms with Crippen LogP contribution < -0.4 is 5.32 Å². The Morgan fingerprint density at radius 2 is 2.00 bits per heavy atom. The molecule has 20 heavy (non-hydrogen) atoms. The average Bonchev–Trinajstić information content (AvgIpc) is 2.99. The summed E-state index contributed by atoms with van der Waals surface area (Å²) >= 11 is 0. The lowest BCUT2D eigenvalue weighted by atomic mass is 9.91. The molecule has 1 heterocycles. The zero-order valence-corrected chi connectivity index (χ0v) is 12.3. The molecule has 1 fully saturated rings. The van der Waals surface area contributed by atoms with Crippen LogP contribution in [-0.2, 0) is 11.2 Å². The van der Waals surface area contributed by atoms with Crippen molar-refractivity contribution in [1.82, 2.24) is 10.2 Å². The van der Waals surface area contributed by atoms with Crippen molar-refractivity contribution >= 4 is 5.91 Å². The average molecular weight is 272 g/mol. The summed E-state index contributed by atoms with van der Waals surface area (Å²) < 4.78 is 0. The number of nitrogens with one attached hydrogen (secondary N) is 1. The van der Waals surface area contributed by atoms with E-state index in [2.05, 4.69) is 24.0 Å². The van der Waals surface area contributed by atoms with Crippen molar-refractivity contribution in [3.8, 4) is 0 Å². The van der Waals surface area contributed by atoms with E-state index in [1.54, 1.807) is 6.08 Å². The van der Waals surface area contributed by atoms with Gasteiger partial charge in [0.1, 0.15) is 0 Å². The maximum absolute atomic E-state index is 12.8. The first-order chi connectivity index (χ1) is 9.65. The fourth-order valence-electron chi connectivity index (χ4n) is 2.78. The first-order valence-corrected chi connectivity index (χ1v) is 7.35. The smallest absolute Gasteiger partial charge is 0.242 e. The molecule has 1 amide bonds. The first-order valence-electron chi connectivity index (χ1n) is 7.35. The van der Waals surface area contributed by atoms with Crippen molar-refractivity contribution in [2.75, 3.05) is 19.6 Å². The summed E-state index contributed by atoms with van der Waals surface area (Å²) in [4.78, 5) is 14.8. The normalized spacial score (nSPS) is 17.8. The van der Waals surface area contributed by atoms with Crippen molar-refractivity contribution in [2.45, 2.75) is 31.7 Å². The number of carbonyl (C=O) groups is 1. The van der Waals surface area contributed by atoms with Gasteiger partial charge in [-0.25, -0.2) is 0 Å². The molecule has 3 nitrogen and oxygen atoms in total. The van der Waals surface area contributed by atoms with Crippen LogP contribution in [0.5, 0.6) is 0 Å². The lowest BCUT2D eigenvalue weighted by Crippen LogP contribution is -2.57. The summed E-state index contributed by atoms with van der Waals surface area (Å²) in [6, 6.07) is 10.2. The van der Waals surface area contributed by atoms with Crippen molar-refractivity contribution in [1.29, 1.82) is 0 Å². The van der Waals surface area contributed by atoms with Gasteiger partial charge in [0.05, 0.1) is 5.54 Å². The van der Waals surface area contributed by atoms with Crippen LogP contribution in [-0.4, -0.2) is 36.0 Å². The van der Waals surface area contributed by atoms with E-state index in [4.69, 9.17) is 0 Å². The molecular weight excluding hydrogens is 248 g/mol. The van der Waals surface area contributed by atoms with E-state index >= 15 is 0 Å². The molecule has 0 bridgehead atoms. The van der Waals surface area contributed by atoms with Crippen molar-refractivity contribution in [3.05, 3.63) is 48.6 Å². The van der Waals surface area contributed by atoms with Crippen molar-refractivity contribution < 1.29 is 4.79 Å². The maximum atomic E-state index is 12.8. The predicted octanol–water partition coefficient (Wildman–Crippen LogP) is 2.39. The molecule has 0 spiro atoms. The molecule has 1 aliphatic heterocycles. The molecule has 0 saturated carbocycles. The summed E-state index contributed by atoms with van der Waals surface area (Å²) in [5.74, 6) is 0.209. The summed E-state index contributed by atoms with van der Waals surface area (Å²) in [5, 5.41) is 3.36. The quantitative estimate of drug-likeness (QED) is 0.806. The van der Waals surface area contributed by atoms with Gasteiger partial charge >= 0.3 is 0 Å². The number of carbonyl (C=O) groups excluding carboxylic acids is 1. The molecule has 2 rings (SSSR count). The predicted molar refractivity (Wildman–Crippen MR) is 82.6 cm³/mol. The van der Waals surface area contributed by atoms with E-state index in [0.29, 0.717) is 13.0 Å². The highest BCUT2D eigenvalue weighted by Crippen LogP contribution is 2.19. The molecule has 0 radical (unpaired) electrons. The summed E-state index contributed by atoms with van der Waals surface area (Å²) in [7, 11) is 0. The van der Waals surface area contributed by atoms with E-state index < -0.39 is 5.54 Å². The third-order valence-corrected chi connectivity index (χ3v) is 3.90. The van der Waals surface area contributed by atoms with Crippen LogP contribution in [0, 0.1) is 0 Å². The maximum Gasteiger partial charge on any atom is 0.242 e. The summed E-state index contributed by atoms with van der Waals surface area (Å²) in [6.07, 6.45) is 4.75. The van der Waals surface area contributed by atoms with Crippen LogP contribution in [0.4, 0.5) is 0 Å². The number of benzene rings is 1. The van der Waals surface area contributed by atoms with Gasteiger partial charge in [-0.3, -0.25) is 10.1 Å². The SMILES string of the molecule is C=CCNC(C)(Cc1ccccc1)C(=O)N1CCCC1. The van der Waals surface area contributed by atoms with E-state index in [1.807, 2.05) is 30.0 Å². The zero-order chi connectivity index (χ0) is 14.4. The van der Waals surface area contributed by atoms with Gasteiger partial charge < -0.3 is 4.90 Å². The third kappa shape index (κ3) is 3.48. The molecular formula is C17H24N2O. The number of hydrogen-bond acceptors (Lipinski definition) is 2. The van der Waals surface area contributed by atoms with Gasteiger partial charge in [-0.2, -0.15) is 0 Å². The minimum Gasteiger partial charge on any atom is -0.341 e. The molecule has 1 aliphatic rings. The monoisotopic (exact) mass is 272 g/mol. The minimum absolute atomic E-state index is 0.209. The Balaban J connectivity index is 2.15. The molecule has 1 N–H and O–H groups in total. The van der Waals surface area contributed by atoms with Crippen molar-refractivity contribution in [3.63, 3.8) is 0 Å².